The minimum Gasteiger partial charge on any atom is -0.497 e. The highest BCUT2D eigenvalue weighted by Crippen LogP contribution is 2.37. The van der Waals surface area contributed by atoms with E-state index in [1.165, 1.54) is 31.5 Å². The molecule has 3 heterocycles. The number of carbonyl (C=O) groups excluding carboxylic acids is 1. The Hall–Kier alpha value is -4.31. The first-order valence-corrected chi connectivity index (χ1v) is 12.4. The van der Waals surface area contributed by atoms with Gasteiger partial charge < -0.3 is 14.7 Å². The van der Waals surface area contributed by atoms with Crippen LogP contribution in [0.25, 0.3) is 11.4 Å². The third-order valence-electron chi connectivity index (χ3n) is 7.09. The molecule has 206 valence electrons. The standard InChI is InChI=1S/C30H25F4N3O3/c1-29(39,20-13-21(30(32,33)34)15-22(31)14-20)19-7-10-35-26(16-19)27-24-9-12-37(28(38)25(24)8-11-36-27)17-18-3-5-23(40-2)6-4-18/h3-8,10-11,13-16,39H,9,12,17H2,1-2H3. The van der Waals surface area contributed by atoms with Crippen LogP contribution in [0.4, 0.5) is 17.6 Å². The van der Waals surface area contributed by atoms with Crippen molar-refractivity contribution in [3.63, 3.8) is 0 Å². The first-order chi connectivity index (χ1) is 19.0. The Labute approximate surface area is 227 Å². The van der Waals surface area contributed by atoms with E-state index < -0.39 is 23.2 Å². The molecule has 1 amide bonds. The smallest absolute Gasteiger partial charge is 0.416 e. The number of alkyl halides is 3. The van der Waals surface area contributed by atoms with Gasteiger partial charge in [-0.2, -0.15) is 13.2 Å². The number of fused-ring (bicyclic) bond motifs is 1. The van der Waals surface area contributed by atoms with Crippen LogP contribution in [0.5, 0.6) is 5.75 Å². The number of aliphatic hydroxyl groups is 1. The number of halogens is 4. The van der Waals surface area contributed by atoms with E-state index in [9.17, 15) is 27.5 Å². The van der Waals surface area contributed by atoms with Crippen LogP contribution in [0.2, 0.25) is 0 Å². The zero-order valence-corrected chi connectivity index (χ0v) is 21.7. The summed E-state index contributed by atoms with van der Waals surface area (Å²) < 4.78 is 59.2. The second-order valence-electron chi connectivity index (χ2n) is 9.74. The largest absolute Gasteiger partial charge is 0.497 e. The minimum atomic E-state index is -4.78. The zero-order valence-electron chi connectivity index (χ0n) is 21.7. The Bertz CT molecular complexity index is 1570. The molecule has 6 nitrogen and oxygen atoms in total. The van der Waals surface area contributed by atoms with Crippen LogP contribution in [0.1, 0.15) is 45.1 Å². The molecule has 0 fully saturated rings. The molecule has 2 aromatic carbocycles. The van der Waals surface area contributed by atoms with Crippen LogP contribution in [0.3, 0.4) is 0 Å². The number of ether oxygens (including phenoxy) is 1. The van der Waals surface area contributed by atoms with Gasteiger partial charge in [-0.05, 0) is 84.1 Å². The molecule has 4 aromatic rings. The maximum absolute atomic E-state index is 14.1. The molecule has 2 aromatic heterocycles. The lowest BCUT2D eigenvalue weighted by atomic mass is 9.86. The molecule has 1 aliphatic heterocycles. The number of methoxy groups -OCH3 is 1. The van der Waals surface area contributed by atoms with Crippen molar-refractivity contribution in [2.45, 2.75) is 31.7 Å². The quantitative estimate of drug-likeness (QED) is 0.308. The first kappa shape index (κ1) is 27.3. The van der Waals surface area contributed by atoms with Gasteiger partial charge in [0.25, 0.3) is 5.91 Å². The van der Waals surface area contributed by atoms with Gasteiger partial charge in [-0.15, -0.1) is 0 Å². The molecule has 1 atom stereocenters. The monoisotopic (exact) mass is 551 g/mol. The predicted molar refractivity (Wildman–Crippen MR) is 139 cm³/mol. The van der Waals surface area contributed by atoms with Crippen LogP contribution < -0.4 is 4.74 Å². The fourth-order valence-corrected chi connectivity index (χ4v) is 4.85. The number of hydrogen-bond acceptors (Lipinski definition) is 5. The average molecular weight is 552 g/mol. The zero-order chi connectivity index (χ0) is 28.7. The van der Waals surface area contributed by atoms with E-state index in [2.05, 4.69) is 9.97 Å². The summed E-state index contributed by atoms with van der Waals surface area (Å²) in [5.41, 5.74) is -0.358. The van der Waals surface area contributed by atoms with Crippen molar-refractivity contribution in [3.05, 3.63) is 112 Å². The van der Waals surface area contributed by atoms with Gasteiger partial charge in [0.2, 0.25) is 0 Å². The van der Waals surface area contributed by atoms with Crippen molar-refractivity contribution in [2.24, 2.45) is 0 Å². The fourth-order valence-electron chi connectivity index (χ4n) is 4.85. The maximum atomic E-state index is 14.1. The van der Waals surface area contributed by atoms with Crippen LogP contribution in [0.15, 0.2) is 73.1 Å². The summed E-state index contributed by atoms with van der Waals surface area (Å²) in [6, 6.07) is 14.0. The fraction of sp³-hybridized carbons (Fsp3) is 0.233. The van der Waals surface area contributed by atoms with E-state index in [1.54, 1.807) is 18.1 Å². The molecule has 0 bridgehead atoms. The van der Waals surface area contributed by atoms with Crippen molar-refractivity contribution in [1.82, 2.24) is 14.9 Å². The van der Waals surface area contributed by atoms with E-state index in [0.717, 1.165) is 23.4 Å². The molecule has 40 heavy (non-hydrogen) atoms. The number of nitrogens with zero attached hydrogens (tertiary/aromatic N) is 3. The van der Waals surface area contributed by atoms with Gasteiger partial charge in [-0.25, -0.2) is 4.39 Å². The molecule has 0 saturated heterocycles. The molecule has 1 unspecified atom stereocenters. The molecule has 0 spiro atoms. The summed E-state index contributed by atoms with van der Waals surface area (Å²) in [4.78, 5) is 23.9. The maximum Gasteiger partial charge on any atom is 0.416 e. The molecule has 0 radical (unpaired) electrons. The lowest BCUT2D eigenvalue weighted by Gasteiger charge is -2.30. The number of benzene rings is 2. The first-order valence-electron chi connectivity index (χ1n) is 12.4. The molecule has 1 aliphatic rings. The molecule has 1 N–H and O–H groups in total. The van der Waals surface area contributed by atoms with E-state index in [0.29, 0.717) is 48.1 Å². The van der Waals surface area contributed by atoms with Crippen LogP contribution >= 0.6 is 0 Å². The Morgan fingerprint density at radius 2 is 1.65 bits per heavy atom. The van der Waals surface area contributed by atoms with Gasteiger partial charge in [-0.3, -0.25) is 14.8 Å². The summed E-state index contributed by atoms with van der Waals surface area (Å²) >= 11 is 0. The van der Waals surface area contributed by atoms with Crippen LogP contribution in [0, 0.1) is 5.82 Å². The number of carbonyl (C=O) groups is 1. The van der Waals surface area contributed by atoms with Crippen LogP contribution in [-0.4, -0.2) is 39.5 Å². The Morgan fingerprint density at radius 1 is 0.950 bits per heavy atom. The Balaban J connectivity index is 1.46. The Morgan fingerprint density at radius 3 is 2.35 bits per heavy atom. The van der Waals surface area contributed by atoms with Gasteiger partial charge in [0.05, 0.1) is 24.1 Å². The summed E-state index contributed by atoms with van der Waals surface area (Å²) in [6.45, 7) is 2.15. The summed E-state index contributed by atoms with van der Waals surface area (Å²) in [5, 5.41) is 11.3. The van der Waals surface area contributed by atoms with Gasteiger partial charge in [0, 0.05) is 31.0 Å². The number of rotatable bonds is 6. The third-order valence-corrected chi connectivity index (χ3v) is 7.09. The number of pyridine rings is 2. The predicted octanol–water partition coefficient (Wildman–Crippen LogP) is 5.76. The van der Waals surface area contributed by atoms with Gasteiger partial charge in [0.15, 0.2) is 0 Å². The average Bonchev–Trinajstić information content (AvgIpc) is 2.94. The molecular formula is C30H25F4N3O3. The normalized spacial score (nSPS) is 15.0. The van der Waals surface area contributed by atoms with E-state index in [4.69, 9.17) is 4.74 Å². The molecule has 0 saturated carbocycles. The minimum absolute atomic E-state index is 0.164. The lowest BCUT2D eigenvalue weighted by molar-refractivity contribution is -0.137. The van der Waals surface area contributed by atoms with E-state index in [-0.39, 0.29) is 17.0 Å². The van der Waals surface area contributed by atoms with Crippen molar-refractivity contribution >= 4 is 5.91 Å². The topological polar surface area (TPSA) is 75.6 Å². The molecule has 0 aliphatic carbocycles. The van der Waals surface area contributed by atoms with E-state index >= 15 is 0 Å². The highest BCUT2D eigenvalue weighted by atomic mass is 19.4. The highest BCUT2D eigenvalue weighted by molar-refractivity contribution is 5.98. The van der Waals surface area contributed by atoms with Crippen molar-refractivity contribution in [2.75, 3.05) is 13.7 Å². The summed E-state index contributed by atoms with van der Waals surface area (Å²) in [7, 11) is 1.59. The Kier molecular flexibility index (Phi) is 7.05. The molecule has 5 rings (SSSR count). The van der Waals surface area contributed by atoms with Gasteiger partial charge in [-0.1, -0.05) is 12.1 Å². The second kappa shape index (κ2) is 10.3. The number of hydrogen-bond donors (Lipinski definition) is 1. The molecule has 10 heteroatoms. The van der Waals surface area contributed by atoms with Crippen molar-refractivity contribution < 1.29 is 32.2 Å². The highest BCUT2D eigenvalue weighted by Gasteiger charge is 2.35. The number of amides is 1. The second-order valence-corrected chi connectivity index (χ2v) is 9.74. The van der Waals surface area contributed by atoms with Gasteiger partial charge >= 0.3 is 6.18 Å². The SMILES string of the molecule is COc1ccc(CN2CCc3c(ccnc3-c3cc(C(C)(O)c4cc(F)cc(C(F)(F)F)c4)ccn3)C2=O)cc1. The third kappa shape index (κ3) is 5.27. The van der Waals surface area contributed by atoms with Crippen molar-refractivity contribution in [1.29, 1.82) is 0 Å². The lowest BCUT2D eigenvalue weighted by Crippen LogP contribution is -2.37. The summed E-state index contributed by atoms with van der Waals surface area (Å²) in [5.74, 6) is -0.555. The molecular weight excluding hydrogens is 526 g/mol. The summed E-state index contributed by atoms with van der Waals surface area (Å²) in [6.07, 6.45) is -1.39. The van der Waals surface area contributed by atoms with E-state index in [1.807, 2.05) is 24.3 Å². The van der Waals surface area contributed by atoms with Gasteiger partial charge in [0.1, 0.15) is 17.2 Å². The number of aromatic nitrogens is 2. The van der Waals surface area contributed by atoms with Crippen LogP contribution in [-0.2, 0) is 24.7 Å². The van der Waals surface area contributed by atoms with Crippen molar-refractivity contribution in [3.8, 4) is 17.1 Å².